The van der Waals surface area contributed by atoms with Gasteiger partial charge >= 0.3 is 5.69 Å². The zero-order valence-corrected chi connectivity index (χ0v) is 7.87. The lowest BCUT2D eigenvalue weighted by molar-refractivity contribution is 1.07. The molecule has 3 aromatic heterocycles. The lowest BCUT2D eigenvalue weighted by Crippen LogP contribution is -2.21. The van der Waals surface area contributed by atoms with Crippen LogP contribution in [0.15, 0.2) is 22.0 Å². The smallest absolute Gasteiger partial charge is 0.327 e. The minimum Gasteiger partial charge on any atom is -0.332 e. The highest BCUT2D eigenvalue weighted by atomic mass is 16.2. The van der Waals surface area contributed by atoms with E-state index in [0.717, 1.165) is 0 Å². The van der Waals surface area contributed by atoms with Crippen LogP contribution in [0.4, 0.5) is 0 Å². The van der Waals surface area contributed by atoms with Gasteiger partial charge in [0.15, 0.2) is 5.65 Å². The average Bonchev–Trinajstić information content (AvgIpc) is 2.82. The molecule has 16 heavy (non-hydrogen) atoms. The molecule has 0 saturated heterocycles. The van der Waals surface area contributed by atoms with Crippen LogP contribution in [0.25, 0.3) is 22.6 Å². The highest BCUT2D eigenvalue weighted by Gasteiger charge is 2.09. The van der Waals surface area contributed by atoms with Gasteiger partial charge in [-0.2, -0.15) is 5.10 Å². The Morgan fingerprint density at radius 2 is 2.00 bits per heavy atom. The summed E-state index contributed by atoms with van der Waals surface area (Å²) in [5.41, 5.74) is 0.0842. The van der Waals surface area contributed by atoms with E-state index in [1.165, 1.54) is 0 Å². The first-order valence-electron chi connectivity index (χ1n) is 4.45. The maximum absolute atomic E-state index is 11.4. The zero-order chi connectivity index (χ0) is 11.1. The third kappa shape index (κ3) is 1.16. The maximum atomic E-state index is 11.4. The summed E-state index contributed by atoms with van der Waals surface area (Å²) in [4.78, 5) is 33.9. The minimum absolute atomic E-state index is 0.227. The van der Waals surface area contributed by atoms with Crippen molar-refractivity contribution in [1.82, 2.24) is 30.1 Å². The highest BCUT2D eigenvalue weighted by Crippen LogP contribution is 2.14. The van der Waals surface area contributed by atoms with Crippen LogP contribution in [-0.2, 0) is 0 Å². The number of nitrogens with zero attached hydrogens (tertiary/aromatic N) is 2. The minimum atomic E-state index is -0.581. The Kier molecular flexibility index (Phi) is 1.58. The van der Waals surface area contributed by atoms with E-state index >= 15 is 0 Å². The first kappa shape index (κ1) is 8.65. The normalized spacial score (nSPS) is 11.0. The van der Waals surface area contributed by atoms with Crippen molar-refractivity contribution in [3.8, 4) is 11.4 Å². The Balaban J connectivity index is 2.36. The molecule has 0 aromatic carbocycles. The van der Waals surface area contributed by atoms with Crippen molar-refractivity contribution in [3.05, 3.63) is 33.2 Å². The number of aromatic amines is 4. The SMILES string of the molecule is O=c1[nH]c(=O)c2[nH]c(-c3cn[nH]c3)nc2[nH]1. The standard InChI is InChI=1S/C8H6N6O2/c15-7-4-6(13-8(16)14-7)12-5(11-4)3-1-9-10-2-3/h1-2H,(H,9,10)(H3,11,12,13,14,15,16). The van der Waals surface area contributed by atoms with Crippen LogP contribution >= 0.6 is 0 Å². The van der Waals surface area contributed by atoms with Gasteiger partial charge in [-0.3, -0.25) is 19.9 Å². The van der Waals surface area contributed by atoms with Gasteiger partial charge in [0.05, 0.1) is 11.8 Å². The molecule has 0 aliphatic heterocycles. The number of nitrogens with one attached hydrogen (secondary N) is 4. The summed E-state index contributed by atoms with van der Waals surface area (Å²) in [5.74, 6) is 0.469. The quantitative estimate of drug-likeness (QED) is 0.432. The van der Waals surface area contributed by atoms with E-state index in [0.29, 0.717) is 11.4 Å². The van der Waals surface area contributed by atoms with E-state index in [-0.39, 0.29) is 11.2 Å². The molecule has 0 aliphatic rings. The Labute approximate surface area is 86.8 Å². The Hall–Kier alpha value is -2.64. The average molecular weight is 218 g/mol. The highest BCUT2D eigenvalue weighted by molar-refractivity contribution is 5.74. The molecule has 0 spiro atoms. The molecular formula is C8H6N6O2. The Morgan fingerprint density at radius 1 is 1.12 bits per heavy atom. The van der Waals surface area contributed by atoms with Crippen molar-refractivity contribution in [3.63, 3.8) is 0 Å². The molecule has 8 nitrogen and oxygen atoms in total. The topological polar surface area (TPSA) is 123 Å². The van der Waals surface area contributed by atoms with Crippen molar-refractivity contribution >= 4 is 11.2 Å². The van der Waals surface area contributed by atoms with Gasteiger partial charge in [0.2, 0.25) is 0 Å². The molecule has 3 rings (SSSR count). The summed E-state index contributed by atoms with van der Waals surface area (Å²) in [5, 5.41) is 6.40. The third-order valence-corrected chi connectivity index (χ3v) is 2.16. The molecule has 0 amide bonds. The summed E-state index contributed by atoms with van der Waals surface area (Å²) in [6, 6.07) is 0. The second kappa shape index (κ2) is 2.92. The van der Waals surface area contributed by atoms with E-state index in [1.807, 2.05) is 0 Å². The fourth-order valence-corrected chi connectivity index (χ4v) is 1.45. The van der Waals surface area contributed by atoms with Gasteiger partial charge in [0, 0.05) is 6.20 Å². The molecule has 0 atom stereocenters. The number of fused-ring (bicyclic) bond motifs is 1. The predicted octanol–water partition coefficient (Wildman–Crippen LogP) is -0.670. The third-order valence-electron chi connectivity index (χ3n) is 2.16. The second-order valence-corrected chi connectivity index (χ2v) is 3.20. The number of imidazole rings is 1. The molecule has 0 aliphatic carbocycles. The fraction of sp³-hybridized carbons (Fsp3) is 0. The summed E-state index contributed by atoms with van der Waals surface area (Å²) in [6.45, 7) is 0. The van der Waals surface area contributed by atoms with Gasteiger partial charge in [-0.1, -0.05) is 0 Å². The van der Waals surface area contributed by atoms with Crippen LogP contribution in [0, 0.1) is 0 Å². The number of H-pyrrole nitrogens is 4. The van der Waals surface area contributed by atoms with Gasteiger partial charge in [0.1, 0.15) is 11.3 Å². The molecule has 3 heterocycles. The molecule has 3 aromatic rings. The van der Waals surface area contributed by atoms with Crippen molar-refractivity contribution in [2.75, 3.05) is 0 Å². The fourth-order valence-electron chi connectivity index (χ4n) is 1.45. The van der Waals surface area contributed by atoms with Crippen LogP contribution in [0.5, 0.6) is 0 Å². The molecular weight excluding hydrogens is 212 g/mol. The van der Waals surface area contributed by atoms with E-state index in [4.69, 9.17) is 0 Å². The monoisotopic (exact) mass is 218 g/mol. The second-order valence-electron chi connectivity index (χ2n) is 3.20. The summed E-state index contributed by atoms with van der Waals surface area (Å²) < 4.78 is 0. The number of hydrogen-bond acceptors (Lipinski definition) is 4. The number of aromatic nitrogens is 6. The van der Waals surface area contributed by atoms with E-state index in [9.17, 15) is 9.59 Å². The van der Waals surface area contributed by atoms with Gasteiger partial charge in [-0.05, 0) is 0 Å². The van der Waals surface area contributed by atoms with Gasteiger partial charge in [-0.25, -0.2) is 9.78 Å². The molecule has 80 valence electrons. The molecule has 0 bridgehead atoms. The maximum Gasteiger partial charge on any atom is 0.327 e. The molecule has 0 radical (unpaired) electrons. The lowest BCUT2D eigenvalue weighted by Gasteiger charge is -1.84. The Morgan fingerprint density at radius 3 is 2.75 bits per heavy atom. The molecule has 8 heteroatoms. The number of rotatable bonds is 1. The largest absolute Gasteiger partial charge is 0.332 e. The number of hydrogen-bond donors (Lipinski definition) is 4. The van der Waals surface area contributed by atoms with Crippen LogP contribution in [0.1, 0.15) is 0 Å². The van der Waals surface area contributed by atoms with Gasteiger partial charge in [0.25, 0.3) is 5.56 Å². The Bertz CT molecular complexity index is 747. The van der Waals surface area contributed by atoms with Crippen LogP contribution in [-0.4, -0.2) is 30.1 Å². The van der Waals surface area contributed by atoms with E-state index < -0.39 is 11.2 Å². The summed E-state index contributed by atoms with van der Waals surface area (Å²) in [7, 11) is 0. The lowest BCUT2D eigenvalue weighted by atomic mass is 10.3. The zero-order valence-electron chi connectivity index (χ0n) is 7.87. The molecule has 0 saturated carbocycles. The van der Waals surface area contributed by atoms with Crippen LogP contribution < -0.4 is 11.2 Å². The van der Waals surface area contributed by atoms with Crippen molar-refractivity contribution < 1.29 is 0 Å². The van der Waals surface area contributed by atoms with Crippen LogP contribution in [0.3, 0.4) is 0 Å². The first-order chi connectivity index (χ1) is 7.74. The molecule has 0 unspecified atom stereocenters. The van der Waals surface area contributed by atoms with Crippen LogP contribution in [0.2, 0.25) is 0 Å². The van der Waals surface area contributed by atoms with Crippen molar-refractivity contribution in [2.24, 2.45) is 0 Å². The van der Waals surface area contributed by atoms with Crippen molar-refractivity contribution in [1.29, 1.82) is 0 Å². The predicted molar refractivity (Wildman–Crippen MR) is 54.9 cm³/mol. The van der Waals surface area contributed by atoms with E-state index in [1.54, 1.807) is 12.4 Å². The van der Waals surface area contributed by atoms with Gasteiger partial charge < -0.3 is 4.98 Å². The summed E-state index contributed by atoms with van der Waals surface area (Å²) >= 11 is 0. The summed E-state index contributed by atoms with van der Waals surface area (Å²) in [6.07, 6.45) is 3.19. The first-order valence-corrected chi connectivity index (χ1v) is 4.45. The molecule has 4 N–H and O–H groups in total. The van der Waals surface area contributed by atoms with Gasteiger partial charge in [-0.15, -0.1) is 0 Å². The van der Waals surface area contributed by atoms with Crippen molar-refractivity contribution in [2.45, 2.75) is 0 Å². The molecule has 0 fully saturated rings. The van der Waals surface area contributed by atoms with E-state index in [2.05, 4.69) is 30.1 Å².